The van der Waals surface area contributed by atoms with Crippen molar-refractivity contribution in [3.63, 3.8) is 0 Å². The van der Waals surface area contributed by atoms with Gasteiger partial charge in [-0.3, -0.25) is 4.98 Å². The van der Waals surface area contributed by atoms with E-state index in [0.717, 1.165) is 36.3 Å². The first-order valence-electron chi connectivity index (χ1n) is 6.59. The molecular formula is C14H21NO2S. The predicted molar refractivity (Wildman–Crippen MR) is 75.1 cm³/mol. The second kappa shape index (κ2) is 5.93. The lowest BCUT2D eigenvalue weighted by atomic mass is 9.87. The molecule has 0 bridgehead atoms. The molecule has 1 N–H and O–H groups in total. The number of aliphatic hydroxyl groups is 1. The fourth-order valence-electron chi connectivity index (χ4n) is 2.28. The molecule has 0 aliphatic carbocycles. The molecule has 1 aliphatic heterocycles. The maximum Gasteiger partial charge on any atom is 0.137 e. The van der Waals surface area contributed by atoms with E-state index in [2.05, 4.69) is 18.8 Å². The van der Waals surface area contributed by atoms with Gasteiger partial charge in [-0.1, -0.05) is 13.8 Å². The highest BCUT2D eigenvalue weighted by Crippen LogP contribution is 2.41. The van der Waals surface area contributed by atoms with E-state index in [9.17, 15) is 5.11 Å². The fraction of sp³-hybridized carbons (Fsp3) is 0.643. The van der Waals surface area contributed by atoms with Crippen LogP contribution in [0, 0.1) is 0 Å². The van der Waals surface area contributed by atoms with Crippen molar-refractivity contribution in [2.45, 2.75) is 44.0 Å². The average molecular weight is 267 g/mol. The van der Waals surface area contributed by atoms with Crippen molar-refractivity contribution in [3.05, 3.63) is 24.0 Å². The summed E-state index contributed by atoms with van der Waals surface area (Å²) in [5, 5.41) is 11.0. The number of rotatable bonds is 4. The van der Waals surface area contributed by atoms with Crippen LogP contribution in [0.15, 0.2) is 18.5 Å². The number of nitrogens with zero attached hydrogens (tertiary/aromatic N) is 1. The quantitative estimate of drug-likeness (QED) is 0.910. The second-order valence-corrected chi connectivity index (χ2v) is 6.25. The molecule has 0 amide bonds. The van der Waals surface area contributed by atoms with Crippen LogP contribution in [0.3, 0.4) is 0 Å². The molecule has 3 nitrogen and oxygen atoms in total. The van der Waals surface area contributed by atoms with E-state index in [0.29, 0.717) is 6.61 Å². The van der Waals surface area contributed by atoms with Crippen molar-refractivity contribution in [2.75, 3.05) is 12.4 Å². The zero-order valence-electron chi connectivity index (χ0n) is 11.1. The lowest BCUT2D eigenvalue weighted by molar-refractivity contribution is 0.0248. The van der Waals surface area contributed by atoms with Gasteiger partial charge in [0, 0.05) is 17.0 Å². The second-order valence-electron chi connectivity index (χ2n) is 4.80. The number of aromatic nitrogens is 1. The first-order chi connectivity index (χ1) is 8.66. The minimum absolute atomic E-state index is 0.203. The molecule has 1 aliphatic rings. The molecule has 1 fully saturated rings. The summed E-state index contributed by atoms with van der Waals surface area (Å²) in [4.78, 5) is 4.20. The van der Waals surface area contributed by atoms with E-state index in [1.165, 1.54) is 0 Å². The van der Waals surface area contributed by atoms with Crippen LogP contribution in [0.25, 0.3) is 0 Å². The van der Waals surface area contributed by atoms with Crippen molar-refractivity contribution in [1.29, 1.82) is 0 Å². The Balaban J connectivity index is 2.20. The Morgan fingerprint density at radius 3 is 3.11 bits per heavy atom. The molecular weight excluding hydrogens is 246 g/mol. The Kier molecular flexibility index (Phi) is 4.51. The lowest BCUT2D eigenvalue weighted by Crippen LogP contribution is -2.38. The molecule has 1 aromatic rings. The highest BCUT2D eigenvalue weighted by molar-refractivity contribution is 8.00. The van der Waals surface area contributed by atoms with Gasteiger partial charge in [0.2, 0.25) is 0 Å². The van der Waals surface area contributed by atoms with Crippen molar-refractivity contribution < 1.29 is 9.84 Å². The molecule has 4 heteroatoms. The summed E-state index contributed by atoms with van der Waals surface area (Å²) >= 11 is 1.82. The highest BCUT2D eigenvalue weighted by Gasteiger charge is 2.38. The van der Waals surface area contributed by atoms with Crippen LogP contribution < -0.4 is 4.74 Å². The molecule has 2 heterocycles. The zero-order valence-corrected chi connectivity index (χ0v) is 11.9. The smallest absolute Gasteiger partial charge is 0.137 e. The van der Waals surface area contributed by atoms with Crippen LogP contribution in [0.2, 0.25) is 0 Å². The summed E-state index contributed by atoms with van der Waals surface area (Å²) in [7, 11) is 0. The van der Waals surface area contributed by atoms with Crippen molar-refractivity contribution in [3.8, 4) is 5.75 Å². The summed E-state index contributed by atoms with van der Waals surface area (Å²) in [5.74, 6) is 1.88. The zero-order chi connectivity index (χ0) is 13.0. The number of ether oxygens (including phenoxy) is 1. The van der Waals surface area contributed by atoms with Gasteiger partial charge in [-0.05, 0) is 31.1 Å². The number of pyridine rings is 1. The molecule has 2 unspecified atom stereocenters. The molecule has 1 saturated heterocycles. The van der Waals surface area contributed by atoms with Gasteiger partial charge >= 0.3 is 0 Å². The molecule has 2 atom stereocenters. The largest absolute Gasteiger partial charge is 0.492 e. The van der Waals surface area contributed by atoms with Gasteiger partial charge in [-0.25, -0.2) is 0 Å². The first-order valence-corrected chi connectivity index (χ1v) is 7.64. The topological polar surface area (TPSA) is 42.4 Å². The van der Waals surface area contributed by atoms with Gasteiger partial charge < -0.3 is 9.84 Å². The van der Waals surface area contributed by atoms with E-state index in [4.69, 9.17) is 4.74 Å². The third-order valence-corrected chi connectivity index (χ3v) is 4.84. The molecule has 0 saturated carbocycles. The number of hydrogen-bond acceptors (Lipinski definition) is 4. The molecule has 18 heavy (non-hydrogen) atoms. The van der Waals surface area contributed by atoms with Crippen LogP contribution in [-0.4, -0.2) is 27.7 Å². The highest BCUT2D eigenvalue weighted by atomic mass is 32.2. The minimum atomic E-state index is -0.762. The van der Waals surface area contributed by atoms with Gasteiger partial charge in [0.05, 0.1) is 12.8 Å². The van der Waals surface area contributed by atoms with Crippen molar-refractivity contribution >= 4 is 11.8 Å². The minimum Gasteiger partial charge on any atom is -0.492 e. The predicted octanol–water partition coefficient (Wildman–Crippen LogP) is 2.97. The van der Waals surface area contributed by atoms with E-state index in [1.807, 2.05) is 17.8 Å². The SMILES string of the molecule is CCCOc1cncc(C2(O)CCCSC2C)c1. The Hall–Kier alpha value is -0.740. The fourth-order valence-corrected chi connectivity index (χ4v) is 3.47. The third kappa shape index (κ3) is 2.81. The maximum absolute atomic E-state index is 10.8. The molecule has 100 valence electrons. The summed E-state index contributed by atoms with van der Waals surface area (Å²) < 4.78 is 5.59. The Morgan fingerprint density at radius 2 is 2.39 bits per heavy atom. The van der Waals surface area contributed by atoms with Gasteiger partial charge in [-0.2, -0.15) is 11.8 Å². The Bertz CT molecular complexity index is 399. The Labute approximate surface area is 113 Å². The molecule has 2 rings (SSSR count). The standard InChI is InChI=1S/C14H21NO2S/c1-3-6-17-13-8-12(9-15-10-13)14(16)5-4-7-18-11(14)2/h8-11,16H,3-7H2,1-2H3. The summed E-state index contributed by atoms with van der Waals surface area (Å²) in [6.07, 6.45) is 6.30. The van der Waals surface area contributed by atoms with Crippen molar-refractivity contribution in [1.82, 2.24) is 4.98 Å². The Morgan fingerprint density at radius 1 is 1.56 bits per heavy atom. The van der Waals surface area contributed by atoms with Crippen LogP contribution in [0.4, 0.5) is 0 Å². The van der Waals surface area contributed by atoms with Crippen LogP contribution >= 0.6 is 11.8 Å². The molecule has 0 spiro atoms. The summed E-state index contributed by atoms with van der Waals surface area (Å²) in [5.41, 5.74) is 0.123. The first kappa shape index (κ1) is 13.7. The maximum atomic E-state index is 10.8. The number of thioether (sulfide) groups is 1. The van der Waals surface area contributed by atoms with Crippen LogP contribution in [-0.2, 0) is 5.60 Å². The summed E-state index contributed by atoms with van der Waals surface area (Å²) in [6.45, 7) is 4.85. The summed E-state index contributed by atoms with van der Waals surface area (Å²) in [6, 6.07) is 1.94. The van der Waals surface area contributed by atoms with Gasteiger partial charge in [-0.15, -0.1) is 0 Å². The van der Waals surface area contributed by atoms with Crippen LogP contribution in [0.5, 0.6) is 5.75 Å². The van der Waals surface area contributed by atoms with Gasteiger partial charge in [0.25, 0.3) is 0 Å². The van der Waals surface area contributed by atoms with E-state index in [1.54, 1.807) is 12.4 Å². The van der Waals surface area contributed by atoms with Crippen molar-refractivity contribution in [2.24, 2.45) is 0 Å². The normalized spacial score (nSPS) is 28.1. The molecule has 0 radical (unpaired) electrons. The number of hydrogen-bond donors (Lipinski definition) is 1. The molecule has 1 aromatic heterocycles. The van der Waals surface area contributed by atoms with E-state index in [-0.39, 0.29) is 5.25 Å². The van der Waals surface area contributed by atoms with Gasteiger partial charge in [0.15, 0.2) is 0 Å². The van der Waals surface area contributed by atoms with Gasteiger partial charge in [0.1, 0.15) is 11.4 Å². The lowest BCUT2D eigenvalue weighted by Gasteiger charge is -2.37. The molecule has 0 aromatic carbocycles. The third-order valence-electron chi connectivity index (χ3n) is 3.43. The average Bonchev–Trinajstić information content (AvgIpc) is 2.40. The van der Waals surface area contributed by atoms with E-state index >= 15 is 0 Å². The monoisotopic (exact) mass is 267 g/mol. The van der Waals surface area contributed by atoms with E-state index < -0.39 is 5.60 Å². The van der Waals surface area contributed by atoms with Crippen LogP contribution in [0.1, 0.15) is 38.7 Å².